The summed E-state index contributed by atoms with van der Waals surface area (Å²) in [5, 5.41) is 0. The molecule has 26 heavy (non-hydrogen) atoms. The van der Waals surface area contributed by atoms with Crippen LogP contribution in [-0.2, 0) is 4.79 Å². The first kappa shape index (κ1) is 18.0. The van der Waals surface area contributed by atoms with Crippen LogP contribution in [0.4, 0.5) is 5.69 Å². The van der Waals surface area contributed by atoms with Crippen molar-refractivity contribution in [3.63, 3.8) is 0 Å². The molecule has 5 nitrogen and oxygen atoms in total. The summed E-state index contributed by atoms with van der Waals surface area (Å²) < 4.78 is 5.13. The molecule has 1 atom stereocenters. The van der Waals surface area contributed by atoms with E-state index in [0.717, 1.165) is 11.3 Å². The number of hydrogen-bond donors (Lipinski definition) is 0. The van der Waals surface area contributed by atoms with Gasteiger partial charge in [0.1, 0.15) is 11.8 Å². The first-order valence-corrected chi connectivity index (χ1v) is 8.76. The summed E-state index contributed by atoms with van der Waals surface area (Å²) in [5.74, 6) is 0.514. The number of amides is 2. The fourth-order valence-corrected chi connectivity index (χ4v) is 3.20. The van der Waals surface area contributed by atoms with Gasteiger partial charge in [-0.3, -0.25) is 9.59 Å². The first-order chi connectivity index (χ1) is 12.4. The fraction of sp³-hybridized carbons (Fsp3) is 0.333. The molecule has 3 rings (SSSR count). The van der Waals surface area contributed by atoms with E-state index in [9.17, 15) is 9.59 Å². The molecule has 136 valence electrons. The highest BCUT2D eigenvalue weighted by Crippen LogP contribution is 2.24. The lowest BCUT2D eigenvalue weighted by atomic mass is 10.1. The molecule has 1 saturated heterocycles. The molecule has 0 spiro atoms. The van der Waals surface area contributed by atoms with Crippen molar-refractivity contribution in [2.24, 2.45) is 0 Å². The minimum absolute atomic E-state index is 0.0543. The second kappa shape index (κ2) is 7.20. The van der Waals surface area contributed by atoms with Crippen LogP contribution in [0.25, 0.3) is 0 Å². The largest absolute Gasteiger partial charge is 0.497 e. The summed E-state index contributed by atoms with van der Waals surface area (Å²) in [4.78, 5) is 29.1. The molecule has 0 unspecified atom stereocenters. The minimum atomic E-state index is -0.500. The van der Waals surface area contributed by atoms with E-state index in [4.69, 9.17) is 4.74 Å². The van der Waals surface area contributed by atoms with Crippen LogP contribution in [0.3, 0.4) is 0 Å². The van der Waals surface area contributed by atoms with Crippen molar-refractivity contribution < 1.29 is 14.3 Å². The smallest absolute Gasteiger partial charge is 0.254 e. The molecule has 0 saturated carbocycles. The average molecular weight is 352 g/mol. The van der Waals surface area contributed by atoms with Gasteiger partial charge in [-0.2, -0.15) is 0 Å². The van der Waals surface area contributed by atoms with Crippen LogP contribution < -0.4 is 9.64 Å². The molecule has 2 amide bonds. The van der Waals surface area contributed by atoms with Crippen molar-refractivity contribution in [2.75, 3.05) is 25.1 Å². The molecule has 1 fully saturated rings. The van der Waals surface area contributed by atoms with Crippen LogP contribution in [0.15, 0.2) is 42.5 Å². The maximum atomic E-state index is 12.9. The van der Waals surface area contributed by atoms with Crippen molar-refractivity contribution in [1.82, 2.24) is 4.90 Å². The lowest BCUT2D eigenvalue weighted by Gasteiger charge is -2.39. The number of hydrogen-bond acceptors (Lipinski definition) is 3. The molecular weight excluding hydrogens is 328 g/mol. The zero-order chi connectivity index (χ0) is 18.8. The molecule has 0 radical (unpaired) electrons. The summed E-state index contributed by atoms with van der Waals surface area (Å²) in [6.07, 6.45) is 0. The van der Waals surface area contributed by atoms with E-state index in [1.54, 1.807) is 48.1 Å². The predicted molar refractivity (Wildman–Crippen MR) is 102 cm³/mol. The molecule has 0 aliphatic carbocycles. The standard InChI is InChI=1S/C21H24N2O3/c1-14-5-8-18(13-15(14)2)23-12-11-22(16(3)20(23)24)21(25)17-6-9-19(26-4)10-7-17/h5-10,13,16H,11-12H2,1-4H3/t16-/m1/s1. The number of anilines is 1. The molecule has 2 aromatic carbocycles. The Morgan fingerprint density at radius 2 is 1.73 bits per heavy atom. The third-order valence-corrected chi connectivity index (χ3v) is 5.06. The molecular formula is C21H24N2O3. The maximum absolute atomic E-state index is 12.9. The van der Waals surface area contributed by atoms with Crippen molar-refractivity contribution in [3.05, 3.63) is 59.2 Å². The van der Waals surface area contributed by atoms with E-state index in [2.05, 4.69) is 6.92 Å². The summed E-state index contributed by atoms with van der Waals surface area (Å²) in [5.41, 5.74) is 3.80. The Hall–Kier alpha value is -2.82. The summed E-state index contributed by atoms with van der Waals surface area (Å²) >= 11 is 0. The van der Waals surface area contributed by atoms with Crippen LogP contribution in [0.2, 0.25) is 0 Å². The zero-order valence-electron chi connectivity index (χ0n) is 15.7. The third-order valence-electron chi connectivity index (χ3n) is 5.06. The normalized spacial score (nSPS) is 17.4. The Labute approximate surface area is 154 Å². The van der Waals surface area contributed by atoms with Crippen molar-refractivity contribution in [1.29, 1.82) is 0 Å². The predicted octanol–water partition coefficient (Wildman–Crippen LogP) is 3.19. The summed E-state index contributed by atoms with van der Waals surface area (Å²) in [6, 6.07) is 12.5. The lowest BCUT2D eigenvalue weighted by molar-refractivity contribution is -0.124. The van der Waals surface area contributed by atoms with Crippen LogP contribution in [0.1, 0.15) is 28.4 Å². The second-order valence-corrected chi connectivity index (χ2v) is 6.66. The minimum Gasteiger partial charge on any atom is -0.497 e. The highest BCUT2D eigenvalue weighted by atomic mass is 16.5. The quantitative estimate of drug-likeness (QED) is 0.852. The van der Waals surface area contributed by atoms with Gasteiger partial charge in [0.15, 0.2) is 0 Å². The first-order valence-electron chi connectivity index (χ1n) is 8.76. The van der Waals surface area contributed by atoms with Crippen LogP contribution >= 0.6 is 0 Å². The van der Waals surface area contributed by atoms with Crippen LogP contribution in [-0.4, -0.2) is 43.0 Å². The highest BCUT2D eigenvalue weighted by molar-refractivity contribution is 6.03. The molecule has 0 N–H and O–H groups in total. The van der Waals surface area contributed by atoms with E-state index in [0.29, 0.717) is 24.4 Å². The zero-order valence-corrected chi connectivity index (χ0v) is 15.7. The Morgan fingerprint density at radius 1 is 1.04 bits per heavy atom. The molecule has 1 heterocycles. The van der Waals surface area contributed by atoms with Gasteiger partial charge in [-0.15, -0.1) is 0 Å². The molecule has 2 aromatic rings. The Kier molecular flexibility index (Phi) is 4.98. The van der Waals surface area contributed by atoms with Crippen molar-refractivity contribution in [3.8, 4) is 5.75 Å². The number of nitrogens with zero attached hydrogens (tertiary/aromatic N) is 2. The Morgan fingerprint density at radius 3 is 2.35 bits per heavy atom. The van der Waals surface area contributed by atoms with E-state index < -0.39 is 6.04 Å². The van der Waals surface area contributed by atoms with Gasteiger partial charge in [0.2, 0.25) is 5.91 Å². The average Bonchev–Trinajstić information content (AvgIpc) is 2.66. The topological polar surface area (TPSA) is 49.9 Å². The van der Waals surface area contributed by atoms with Crippen LogP contribution in [0.5, 0.6) is 5.75 Å². The molecule has 5 heteroatoms. The van der Waals surface area contributed by atoms with E-state index in [-0.39, 0.29) is 11.8 Å². The summed E-state index contributed by atoms with van der Waals surface area (Å²) in [7, 11) is 1.59. The number of carbonyl (C=O) groups excluding carboxylic acids is 2. The number of rotatable bonds is 3. The highest BCUT2D eigenvalue weighted by Gasteiger charge is 2.35. The van der Waals surface area contributed by atoms with Gasteiger partial charge in [0, 0.05) is 24.3 Å². The van der Waals surface area contributed by atoms with Crippen molar-refractivity contribution >= 4 is 17.5 Å². The van der Waals surface area contributed by atoms with Gasteiger partial charge < -0.3 is 14.5 Å². The number of benzene rings is 2. The summed E-state index contributed by atoms with van der Waals surface area (Å²) in [6.45, 7) is 6.88. The third kappa shape index (κ3) is 3.29. The number of aryl methyl sites for hydroxylation is 2. The van der Waals surface area contributed by atoms with Crippen molar-refractivity contribution in [2.45, 2.75) is 26.8 Å². The van der Waals surface area contributed by atoms with Gasteiger partial charge in [-0.1, -0.05) is 6.07 Å². The molecule has 1 aliphatic heterocycles. The van der Waals surface area contributed by atoms with Gasteiger partial charge in [-0.25, -0.2) is 0 Å². The molecule has 1 aliphatic rings. The number of carbonyl (C=O) groups is 2. The number of ether oxygens (including phenoxy) is 1. The Bertz CT molecular complexity index is 830. The Balaban J connectivity index is 1.78. The van der Waals surface area contributed by atoms with Gasteiger partial charge >= 0.3 is 0 Å². The number of piperazine rings is 1. The molecule has 0 aromatic heterocycles. The number of methoxy groups -OCH3 is 1. The molecule has 0 bridgehead atoms. The van der Waals surface area contributed by atoms with Gasteiger partial charge in [-0.05, 0) is 68.3 Å². The van der Waals surface area contributed by atoms with Gasteiger partial charge in [0.05, 0.1) is 7.11 Å². The van der Waals surface area contributed by atoms with E-state index >= 15 is 0 Å². The van der Waals surface area contributed by atoms with Crippen LogP contribution in [0, 0.1) is 13.8 Å². The fourth-order valence-electron chi connectivity index (χ4n) is 3.20. The van der Waals surface area contributed by atoms with E-state index in [1.807, 2.05) is 25.1 Å². The second-order valence-electron chi connectivity index (χ2n) is 6.66. The SMILES string of the molecule is COc1ccc(C(=O)N2CCN(c3ccc(C)c(C)c3)C(=O)[C@H]2C)cc1. The maximum Gasteiger partial charge on any atom is 0.254 e. The van der Waals surface area contributed by atoms with E-state index in [1.165, 1.54) is 5.56 Å². The van der Waals surface area contributed by atoms with Gasteiger partial charge in [0.25, 0.3) is 5.91 Å². The lowest BCUT2D eigenvalue weighted by Crippen LogP contribution is -2.57. The monoisotopic (exact) mass is 352 g/mol.